The number of carbonyl (C=O) groups is 3. The van der Waals surface area contributed by atoms with Crippen LogP contribution in [-0.2, 0) is 28.6 Å². The first-order valence-electron chi connectivity index (χ1n) is 22.7. The quantitative estimate of drug-likeness (QED) is 0.0203. The minimum Gasteiger partial charge on any atom is -0.462 e. The number of unbranched alkanes of at least 4 members (excludes halogenated alkanes) is 18. The maximum absolute atomic E-state index is 12.7. The maximum atomic E-state index is 12.7. The van der Waals surface area contributed by atoms with Crippen LogP contribution in [0, 0.1) is 0 Å². The average Bonchev–Trinajstić information content (AvgIpc) is 3.19. The minimum atomic E-state index is -0.820. The van der Waals surface area contributed by atoms with E-state index < -0.39 is 12.1 Å². The molecule has 0 heterocycles. The second-order valence-corrected chi connectivity index (χ2v) is 14.7. The van der Waals surface area contributed by atoms with Crippen LogP contribution >= 0.6 is 0 Å². The highest BCUT2D eigenvalue weighted by Gasteiger charge is 2.19. The van der Waals surface area contributed by atoms with Gasteiger partial charge in [0.05, 0.1) is 0 Å². The second-order valence-electron chi connectivity index (χ2n) is 14.7. The molecule has 0 rings (SSSR count). The molecule has 0 bridgehead atoms. The lowest BCUT2D eigenvalue weighted by molar-refractivity contribution is -0.166. The van der Waals surface area contributed by atoms with Crippen molar-refractivity contribution in [3.05, 3.63) is 85.1 Å². The van der Waals surface area contributed by atoms with E-state index in [2.05, 4.69) is 51.2 Å². The molecule has 0 aromatic carbocycles. The highest BCUT2D eigenvalue weighted by atomic mass is 16.6. The first-order valence-corrected chi connectivity index (χ1v) is 22.7. The van der Waals surface area contributed by atoms with Gasteiger partial charge in [-0.3, -0.25) is 14.4 Å². The first kappa shape index (κ1) is 52.6. The molecule has 0 aromatic rings. The molecule has 0 aromatic heterocycles. The van der Waals surface area contributed by atoms with Crippen LogP contribution in [0.5, 0.6) is 0 Å². The summed E-state index contributed by atoms with van der Waals surface area (Å²) in [5.41, 5.74) is 0. The molecule has 0 saturated heterocycles. The average molecular weight is 779 g/mol. The van der Waals surface area contributed by atoms with Crippen LogP contribution in [0.3, 0.4) is 0 Å². The summed E-state index contributed by atoms with van der Waals surface area (Å²) in [6.45, 7) is 6.36. The maximum Gasteiger partial charge on any atom is 0.306 e. The van der Waals surface area contributed by atoms with Crippen LogP contribution in [0.1, 0.15) is 194 Å². The topological polar surface area (TPSA) is 78.9 Å². The first-order chi connectivity index (χ1) is 27.5. The molecule has 318 valence electrons. The van der Waals surface area contributed by atoms with E-state index in [9.17, 15) is 14.4 Å². The van der Waals surface area contributed by atoms with E-state index in [4.69, 9.17) is 14.2 Å². The predicted molar refractivity (Wildman–Crippen MR) is 237 cm³/mol. The van der Waals surface area contributed by atoms with Crippen molar-refractivity contribution in [1.29, 1.82) is 0 Å². The molecule has 0 N–H and O–H groups in total. The molecule has 0 aliphatic heterocycles. The van der Waals surface area contributed by atoms with Crippen molar-refractivity contribution in [3.63, 3.8) is 0 Å². The Kier molecular flexibility index (Phi) is 41.6. The van der Waals surface area contributed by atoms with Gasteiger partial charge >= 0.3 is 17.9 Å². The summed E-state index contributed by atoms with van der Waals surface area (Å²) in [5, 5.41) is 0. The normalized spacial score (nSPS) is 12.8. The molecule has 1 unspecified atom stereocenters. The van der Waals surface area contributed by atoms with E-state index in [-0.39, 0.29) is 31.6 Å². The van der Waals surface area contributed by atoms with Gasteiger partial charge in [-0.2, -0.15) is 0 Å². The summed E-state index contributed by atoms with van der Waals surface area (Å²) in [4.78, 5) is 37.7. The van der Waals surface area contributed by atoms with Crippen LogP contribution in [-0.4, -0.2) is 37.2 Å². The smallest absolute Gasteiger partial charge is 0.306 e. The molecular weight excluding hydrogens is 697 g/mol. The summed E-state index contributed by atoms with van der Waals surface area (Å²) in [7, 11) is 0. The van der Waals surface area contributed by atoms with Crippen LogP contribution < -0.4 is 0 Å². The summed E-state index contributed by atoms with van der Waals surface area (Å²) in [6, 6.07) is 0. The zero-order valence-electron chi connectivity index (χ0n) is 36.1. The van der Waals surface area contributed by atoms with Gasteiger partial charge in [-0.1, -0.05) is 202 Å². The van der Waals surface area contributed by atoms with Crippen molar-refractivity contribution in [1.82, 2.24) is 0 Å². The second kappa shape index (κ2) is 44.3. The molecule has 1 atom stereocenters. The number of allylic oxidation sites excluding steroid dienone is 14. The Morgan fingerprint density at radius 2 is 0.804 bits per heavy atom. The van der Waals surface area contributed by atoms with Gasteiger partial charge in [0.1, 0.15) is 13.2 Å². The van der Waals surface area contributed by atoms with Crippen molar-refractivity contribution < 1.29 is 28.6 Å². The fraction of sp³-hybridized carbons (Fsp3) is 0.660. The standard InChI is InChI=1S/C50H82O6/c1-4-7-10-13-16-19-22-24-25-27-28-31-34-37-40-43-49(52)55-46-47(45-54-48(51)42-39-36-33-30-21-18-15-12-9-6-3)56-50(53)44-41-38-35-32-29-26-23-20-17-14-11-8-5-2/h7,10,13,16,19,22,24-29,35,38,47H,4-6,8-9,11-12,14-15,17-18,20-21,23,30-34,36-37,39-46H2,1-3H3/b10-7-,16-13-,22-19-,25-24-,28-27-,29-26-,38-35-. The summed E-state index contributed by atoms with van der Waals surface area (Å²) >= 11 is 0. The Morgan fingerprint density at radius 3 is 1.32 bits per heavy atom. The lowest BCUT2D eigenvalue weighted by Crippen LogP contribution is -2.30. The van der Waals surface area contributed by atoms with Crippen LogP contribution in [0.15, 0.2) is 85.1 Å². The third-order valence-corrected chi connectivity index (χ3v) is 9.28. The lowest BCUT2D eigenvalue weighted by atomic mass is 10.1. The monoisotopic (exact) mass is 779 g/mol. The molecule has 0 fully saturated rings. The zero-order chi connectivity index (χ0) is 40.8. The minimum absolute atomic E-state index is 0.113. The molecule has 56 heavy (non-hydrogen) atoms. The molecule has 0 spiro atoms. The van der Waals surface area contributed by atoms with Crippen molar-refractivity contribution in [2.45, 2.75) is 200 Å². The molecule has 6 heteroatoms. The number of hydrogen-bond acceptors (Lipinski definition) is 6. The zero-order valence-corrected chi connectivity index (χ0v) is 36.1. The Morgan fingerprint density at radius 1 is 0.393 bits per heavy atom. The third kappa shape index (κ3) is 41.7. The lowest BCUT2D eigenvalue weighted by Gasteiger charge is -2.18. The molecule has 6 nitrogen and oxygen atoms in total. The van der Waals surface area contributed by atoms with Crippen molar-refractivity contribution in [3.8, 4) is 0 Å². The largest absolute Gasteiger partial charge is 0.462 e. The van der Waals surface area contributed by atoms with E-state index in [1.807, 2.05) is 54.7 Å². The van der Waals surface area contributed by atoms with Gasteiger partial charge in [-0.25, -0.2) is 0 Å². The fourth-order valence-electron chi connectivity index (χ4n) is 5.87. The molecule has 0 aliphatic rings. The van der Waals surface area contributed by atoms with Gasteiger partial charge in [0, 0.05) is 19.3 Å². The van der Waals surface area contributed by atoms with Gasteiger partial charge in [-0.15, -0.1) is 0 Å². The summed E-state index contributed by atoms with van der Waals surface area (Å²) < 4.78 is 16.6. The van der Waals surface area contributed by atoms with Crippen molar-refractivity contribution >= 4 is 17.9 Å². The Bertz CT molecular complexity index is 1120. The number of rotatable bonds is 39. The molecule has 0 aliphatic carbocycles. The van der Waals surface area contributed by atoms with Crippen molar-refractivity contribution in [2.24, 2.45) is 0 Å². The highest BCUT2D eigenvalue weighted by Crippen LogP contribution is 2.13. The van der Waals surface area contributed by atoms with E-state index in [0.717, 1.165) is 64.2 Å². The van der Waals surface area contributed by atoms with E-state index in [0.29, 0.717) is 19.3 Å². The Labute approximate surface area is 344 Å². The van der Waals surface area contributed by atoms with Gasteiger partial charge in [0.25, 0.3) is 0 Å². The van der Waals surface area contributed by atoms with Gasteiger partial charge in [-0.05, 0) is 57.8 Å². The number of carbonyl (C=O) groups excluding carboxylic acids is 3. The Balaban J connectivity index is 4.54. The van der Waals surface area contributed by atoms with Gasteiger partial charge in [0.15, 0.2) is 6.10 Å². The van der Waals surface area contributed by atoms with Crippen LogP contribution in [0.2, 0.25) is 0 Å². The summed E-state index contributed by atoms with van der Waals surface area (Å²) in [5.74, 6) is -1.03. The third-order valence-electron chi connectivity index (χ3n) is 9.28. The van der Waals surface area contributed by atoms with E-state index in [1.165, 1.54) is 83.5 Å². The van der Waals surface area contributed by atoms with Crippen LogP contribution in [0.4, 0.5) is 0 Å². The van der Waals surface area contributed by atoms with Gasteiger partial charge < -0.3 is 14.2 Å². The molecule has 0 radical (unpaired) electrons. The molecule has 0 saturated carbocycles. The van der Waals surface area contributed by atoms with Gasteiger partial charge in [0.2, 0.25) is 0 Å². The molecular formula is C50H82O6. The van der Waals surface area contributed by atoms with Crippen LogP contribution in [0.25, 0.3) is 0 Å². The number of hydrogen-bond donors (Lipinski definition) is 0. The predicted octanol–water partition coefficient (Wildman–Crippen LogP) is 14.5. The highest BCUT2D eigenvalue weighted by molar-refractivity contribution is 5.71. The number of esters is 3. The fourth-order valence-corrected chi connectivity index (χ4v) is 5.87. The summed E-state index contributed by atoms with van der Waals surface area (Å²) in [6.07, 6.45) is 55.8. The molecule has 0 amide bonds. The van der Waals surface area contributed by atoms with E-state index in [1.54, 1.807) is 0 Å². The Hall–Kier alpha value is -3.41. The SMILES string of the molecule is CC\C=C/C=C\C=C/C=C\C=C/CCCCCC(=O)OCC(COC(=O)CCCCCCCCCCCC)OC(=O)CC/C=C\C/C=C\CCCCCCCC. The number of ether oxygens (including phenoxy) is 3. The van der Waals surface area contributed by atoms with E-state index >= 15 is 0 Å². The van der Waals surface area contributed by atoms with Crippen molar-refractivity contribution in [2.75, 3.05) is 13.2 Å².